The predicted octanol–water partition coefficient (Wildman–Crippen LogP) is -1.72. The molecule has 0 spiro atoms. The van der Waals surface area contributed by atoms with E-state index in [4.69, 9.17) is 4.74 Å². The largest absolute Gasteiger partial charge is 0.462 e. The number of carbonyl (C=O) groups excluding carboxylic acids is 1. The molecule has 0 aliphatic carbocycles. The molecule has 0 amide bonds. The number of rotatable bonds is 3. The lowest BCUT2D eigenvalue weighted by Gasteiger charge is -2.30. The van der Waals surface area contributed by atoms with Gasteiger partial charge in [-0.3, -0.25) is 9.78 Å². The topological polar surface area (TPSA) is 79.7 Å². The quantitative estimate of drug-likeness (QED) is 0.637. The number of H-pyrrole nitrogens is 1. The molecule has 2 heterocycles. The first-order valence-electron chi connectivity index (χ1n) is 6.44. The summed E-state index contributed by atoms with van der Waals surface area (Å²) in [5.41, 5.74) is -0.500. The SMILES string of the molecule is CCOC(=O)c1cnc(N2CC[NH+](C)CC2)[nH]c1=O. The minimum Gasteiger partial charge on any atom is -0.462 e. The van der Waals surface area contributed by atoms with E-state index < -0.39 is 11.5 Å². The van der Waals surface area contributed by atoms with Gasteiger partial charge in [-0.25, -0.2) is 9.78 Å². The lowest BCUT2D eigenvalue weighted by molar-refractivity contribution is -0.880. The van der Waals surface area contributed by atoms with Gasteiger partial charge in [-0.2, -0.15) is 0 Å². The highest BCUT2D eigenvalue weighted by atomic mass is 16.5. The summed E-state index contributed by atoms with van der Waals surface area (Å²) in [5, 5.41) is 0. The van der Waals surface area contributed by atoms with Crippen molar-refractivity contribution in [2.24, 2.45) is 0 Å². The lowest BCUT2D eigenvalue weighted by atomic mass is 10.3. The zero-order chi connectivity index (χ0) is 13.8. The first-order valence-corrected chi connectivity index (χ1v) is 6.44. The molecule has 0 bridgehead atoms. The van der Waals surface area contributed by atoms with E-state index in [0.717, 1.165) is 26.2 Å². The molecule has 1 aromatic rings. The molecule has 0 atom stereocenters. The van der Waals surface area contributed by atoms with E-state index in [0.29, 0.717) is 5.95 Å². The number of ether oxygens (including phenoxy) is 1. The Morgan fingerprint density at radius 3 is 2.79 bits per heavy atom. The Kier molecular flexibility index (Phi) is 4.16. The summed E-state index contributed by atoms with van der Waals surface area (Å²) < 4.78 is 4.79. The number of quaternary nitrogens is 1. The van der Waals surface area contributed by atoms with E-state index in [1.54, 1.807) is 6.92 Å². The molecule has 104 valence electrons. The number of nitrogens with zero attached hydrogens (tertiary/aromatic N) is 2. The molecule has 2 N–H and O–H groups in total. The van der Waals surface area contributed by atoms with Crippen molar-refractivity contribution >= 4 is 11.9 Å². The number of aromatic nitrogens is 2. The molecule has 2 rings (SSSR count). The van der Waals surface area contributed by atoms with Gasteiger partial charge in [-0.15, -0.1) is 0 Å². The lowest BCUT2D eigenvalue weighted by Crippen LogP contribution is -3.12. The van der Waals surface area contributed by atoms with Crippen LogP contribution in [0.2, 0.25) is 0 Å². The maximum absolute atomic E-state index is 11.8. The molecule has 0 unspecified atom stereocenters. The molecule has 1 aliphatic rings. The fourth-order valence-corrected chi connectivity index (χ4v) is 2.00. The van der Waals surface area contributed by atoms with Crippen LogP contribution in [0.4, 0.5) is 5.95 Å². The number of hydrogen-bond donors (Lipinski definition) is 2. The van der Waals surface area contributed by atoms with Gasteiger partial charge in [-0.05, 0) is 6.92 Å². The summed E-state index contributed by atoms with van der Waals surface area (Å²) in [6.07, 6.45) is 1.29. The van der Waals surface area contributed by atoms with Crippen molar-refractivity contribution in [3.05, 3.63) is 22.1 Å². The second kappa shape index (κ2) is 5.83. The van der Waals surface area contributed by atoms with Crippen LogP contribution in [0.25, 0.3) is 0 Å². The number of anilines is 1. The molecule has 7 nitrogen and oxygen atoms in total. The monoisotopic (exact) mass is 267 g/mol. The Bertz CT molecular complexity index is 506. The van der Waals surface area contributed by atoms with Crippen LogP contribution in [0, 0.1) is 0 Å². The maximum atomic E-state index is 11.8. The highest BCUT2D eigenvalue weighted by Crippen LogP contribution is 2.04. The zero-order valence-corrected chi connectivity index (χ0v) is 11.2. The van der Waals surface area contributed by atoms with Crippen molar-refractivity contribution in [1.29, 1.82) is 0 Å². The standard InChI is InChI=1S/C12H18N4O3/c1-3-19-11(18)9-8-13-12(14-10(9)17)16-6-4-15(2)5-7-16/h8H,3-7H2,1-2H3,(H,13,14,17)/p+1. The Labute approximate surface area is 111 Å². The van der Waals surface area contributed by atoms with Crippen molar-refractivity contribution in [2.75, 3.05) is 44.7 Å². The number of hydrogen-bond acceptors (Lipinski definition) is 5. The summed E-state index contributed by atoms with van der Waals surface area (Å²) in [6.45, 7) is 5.62. The number of piperazine rings is 1. The number of aromatic amines is 1. The Hall–Kier alpha value is -1.89. The van der Waals surface area contributed by atoms with E-state index in [2.05, 4.69) is 17.0 Å². The van der Waals surface area contributed by atoms with Gasteiger partial charge < -0.3 is 14.5 Å². The Morgan fingerprint density at radius 2 is 2.21 bits per heavy atom. The van der Waals surface area contributed by atoms with Crippen molar-refractivity contribution < 1.29 is 14.4 Å². The third-order valence-electron chi connectivity index (χ3n) is 3.20. The van der Waals surface area contributed by atoms with Gasteiger partial charge in [0.05, 0.1) is 46.0 Å². The smallest absolute Gasteiger partial charge is 0.345 e. The molecule has 0 saturated carbocycles. The van der Waals surface area contributed by atoms with Crippen LogP contribution in [0.15, 0.2) is 11.0 Å². The second-order valence-corrected chi connectivity index (χ2v) is 4.61. The van der Waals surface area contributed by atoms with E-state index in [9.17, 15) is 9.59 Å². The fraction of sp³-hybridized carbons (Fsp3) is 0.583. The van der Waals surface area contributed by atoms with Gasteiger partial charge in [0.25, 0.3) is 5.56 Å². The average molecular weight is 267 g/mol. The van der Waals surface area contributed by atoms with Crippen LogP contribution < -0.4 is 15.4 Å². The van der Waals surface area contributed by atoms with Crippen molar-refractivity contribution in [1.82, 2.24) is 9.97 Å². The zero-order valence-electron chi connectivity index (χ0n) is 11.2. The average Bonchev–Trinajstić information content (AvgIpc) is 2.39. The minimum absolute atomic E-state index is 0.0506. The van der Waals surface area contributed by atoms with Crippen LogP contribution in [0.1, 0.15) is 17.3 Å². The van der Waals surface area contributed by atoms with Gasteiger partial charge in [0.2, 0.25) is 5.95 Å². The molecule has 1 fully saturated rings. The number of esters is 1. The van der Waals surface area contributed by atoms with Crippen LogP contribution >= 0.6 is 0 Å². The third-order valence-corrected chi connectivity index (χ3v) is 3.20. The molecule has 7 heteroatoms. The molecular weight excluding hydrogens is 248 g/mol. The Balaban J connectivity index is 2.15. The second-order valence-electron chi connectivity index (χ2n) is 4.61. The van der Waals surface area contributed by atoms with Gasteiger partial charge in [0, 0.05) is 0 Å². The van der Waals surface area contributed by atoms with Crippen molar-refractivity contribution in [3.8, 4) is 0 Å². The summed E-state index contributed by atoms with van der Waals surface area (Å²) in [5.74, 6) is -0.115. The summed E-state index contributed by atoms with van der Waals surface area (Å²) in [7, 11) is 2.14. The molecule has 1 aliphatic heterocycles. The summed E-state index contributed by atoms with van der Waals surface area (Å²) in [6, 6.07) is 0. The van der Waals surface area contributed by atoms with Gasteiger partial charge in [-0.1, -0.05) is 0 Å². The number of nitrogens with one attached hydrogen (secondary N) is 2. The van der Waals surface area contributed by atoms with Gasteiger partial charge in [0.1, 0.15) is 5.56 Å². The third kappa shape index (κ3) is 3.11. The van der Waals surface area contributed by atoms with Crippen molar-refractivity contribution in [2.45, 2.75) is 6.92 Å². The normalized spacial score (nSPS) is 16.4. The minimum atomic E-state index is -0.634. The highest BCUT2D eigenvalue weighted by Gasteiger charge is 2.20. The van der Waals surface area contributed by atoms with Crippen LogP contribution in [0.3, 0.4) is 0 Å². The summed E-state index contributed by atoms with van der Waals surface area (Å²) >= 11 is 0. The van der Waals surface area contributed by atoms with E-state index in [-0.39, 0.29) is 12.2 Å². The fourth-order valence-electron chi connectivity index (χ4n) is 2.00. The van der Waals surface area contributed by atoms with Gasteiger partial charge in [0.15, 0.2) is 0 Å². The van der Waals surface area contributed by atoms with E-state index in [1.165, 1.54) is 11.1 Å². The van der Waals surface area contributed by atoms with Crippen LogP contribution in [0.5, 0.6) is 0 Å². The first-order chi connectivity index (χ1) is 9.11. The first kappa shape index (κ1) is 13.5. The Morgan fingerprint density at radius 1 is 1.53 bits per heavy atom. The van der Waals surface area contributed by atoms with Gasteiger partial charge >= 0.3 is 5.97 Å². The molecular formula is C12H19N4O3+. The molecule has 1 aromatic heterocycles. The van der Waals surface area contributed by atoms with Crippen LogP contribution in [-0.4, -0.2) is 55.8 Å². The molecule has 0 aromatic carbocycles. The molecule has 19 heavy (non-hydrogen) atoms. The molecule has 1 saturated heterocycles. The van der Waals surface area contributed by atoms with Crippen molar-refractivity contribution in [3.63, 3.8) is 0 Å². The highest BCUT2D eigenvalue weighted by molar-refractivity contribution is 5.88. The summed E-state index contributed by atoms with van der Waals surface area (Å²) in [4.78, 5) is 33.6. The van der Waals surface area contributed by atoms with Crippen LogP contribution in [-0.2, 0) is 4.74 Å². The number of carbonyl (C=O) groups is 1. The number of likely N-dealkylation sites (N-methyl/N-ethyl adjacent to an activating group) is 1. The van der Waals surface area contributed by atoms with E-state index >= 15 is 0 Å². The predicted molar refractivity (Wildman–Crippen MR) is 69.6 cm³/mol. The molecule has 0 radical (unpaired) electrons. The maximum Gasteiger partial charge on any atom is 0.345 e. The van der Waals surface area contributed by atoms with E-state index in [1.807, 2.05) is 4.90 Å².